The van der Waals surface area contributed by atoms with Crippen molar-refractivity contribution in [1.29, 1.82) is 0 Å². The van der Waals surface area contributed by atoms with Crippen LogP contribution in [0.25, 0.3) is 83.2 Å². The molecule has 0 amide bonds. The molecule has 3 aromatic heterocycles. The van der Waals surface area contributed by atoms with Crippen LogP contribution in [0.1, 0.15) is 0 Å². The number of hydrogen-bond donors (Lipinski definition) is 0. The lowest BCUT2D eigenvalue weighted by atomic mass is 10.0. The van der Waals surface area contributed by atoms with E-state index in [1.54, 1.807) is 0 Å². The van der Waals surface area contributed by atoms with Crippen LogP contribution >= 0.6 is 0 Å². The summed E-state index contributed by atoms with van der Waals surface area (Å²) in [6.07, 6.45) is 0. The molecule has 0 radical (unpaired) electrons. The van der Waals surface area contributed by atoms with E-state index in [9.17, 15) is 0 Å². The number of rotatable bonds is 3. The number of nitrogens with zero attached hydrogens (tertiary/aromatic N) is 3. The fraction of sp³-hybridized carbons (Fsp3) is 0.0476. The quantitative estimate of drug-likeness (QED) is 0.185. The van der Waals surface area contributed by atoms with Gasteiger partial charge in [0, 0.05) is 43.9 Å². The maximum absolute atomic E-state index is 6.32. The molecule has 10 rings (SSSR count). The fourth-order valence-corrected chi connectivity index (χ4v) is 10.7. The zero-order valence-electron chi connectivity index (χ0n) is 26.0. The van der Waals surface area contributed by atoms with Crippen molar-refractivity contribution in [1.82, 2.24) is 14.5 Å². The highest BCUT2D eigenvalue weighted by molar-refractivity contribution is 7.03. The highest BCUT2D eigenvalue weighted by Gasteiger charge is 2.41. The second-order valence-electron chi connectivity index (χ2n) is 13.0. The van der Waals surface area contributed by atoms with Gasteiger partial charge >= 0.3 is 0 Å². The van der Waals surface area contributed by atoms with E-state index in [1.165, 1.54) is 37.9 Å². The maximum atomic E-state index is 6.32. The van der Waals surface area contributed by atoms with Crippen molar-refractivity contribution >= 4 is 62.3 Å². The van der Waals surface area contributed by atoms with Crippen LogP contribution in [-0.2, 0) is 0 Å². The number of aromatic nitrogens is 3. The number of fused-ring (bicyclic) bond motifs is 10. The molecule has 0 saturated heterocycles. The molecule has 5 heteroatoms. The van der Waals surface area contributed by atoms with Crippen molar-refractivity contribution in [3.63, 3.8) is 0 Å². The molecule has 1 aliphatic rings. The van der Waals surface area contributed by atoms with Crippen LogP contribution in [0, 0.1) is 0 Å². The van der Waals surface area contributed by atoms with Gasteiger partial charge in [-0.1, -0.05) is 104 Å². The zero-order chi connectivity index (χ0) is 31.3. The molecule has 0 atom stereocenters. The predicted octanol–water partition coefficient (Wildman–Crippen LogP) is 9.61. The molecule has 222 valence electrons. The number of para-hydroxylation sites is 2. The van der Waals surface area contributed by atoms with Crippen LogP contribution in [0.2, 0.25) is 13.1 Å². The Morgan fingerprint density at radius 2 is 1.30 bits per heavy atom. The summed E-state index contributed by atoms with van der Waals surface area (Å²) in [5.74, 6) is 0.771. The van der Waals surface area contributed by atoms with Gasteiger partial charge in [-0.05, 0) is 59.3 Å². The average Bonchev–Trinajstić information content (AvgIpc) is 3.74. The first-order valence-corrected chi connectivity index (χ1v) is 19.1. The molecule has 6 aromatic carbocycles. The Morgan fingerprint density at radius 1 is 0.574 bits per heavy atom. The summed E-state index contributed by atoms with van der Waals surface area (Å²) in [6, 6.07) is 49.4. The van der Waals surface area contributed by atoms with Gasteiger partial charge in [-0.3, -0.25) is 0 Å². The minimum Gasteiger partial charge on any atom is -0.456 e. The highest BCUT2D eigenvalue weighted by Crippen LogP contribution is 2.41. The lowest BCUT2D eigenvalue weighted by Crippen LogP contribution is -2.50. The summed E-state index contributed by atoms with van der Waals surface area (Å²) >= 11 is 0. The summed E-state index contributed by atoms with van der Waals surface area (Å²) in [6.45, 7) is 4.82. The summed E-state index contributed by atoms with van der Waals surface area (Å²) in [5, 5.41) is 7.34. The maximum Gasteiger partial charge on any atom is 0.159 e. The summed E-state index contributed by atoms with van der Waals surface area (Å²) in [4.78, 5) is 10.7. The van der Waals surface area contributed by atoms with E-state index in [0.717, 1.165) is 55.8 Å². The Hall–Kier alpha value is -5.78. The zero-order valence-corrected chi connectivity index (χ0v) is 27.0. The Morgan fingerprint density at radius 3 is 2.15 bits per heavy atom. The van der Waals surface area contributed by atoms with Crippen LogP contribution < -0.4 is 10.5 Å². The van der Waals surface area contributed by atoms with Crippen molar-refractivity contribution < 1.29 is 4.42 Å². The van der Waals surface area contributed by atoms with Gasteiger partial charge in [0.05, 0.1) is 22.1 Å². The number of hydrogen-bond acceptors (Lipinski definition) is 3. The van der Waals surface area contributed by atoms with Gasteiger partial charge in [0.15, 0.2) is 5.82 Å². The molecule has 4 nitrogen and oxygen atoms in total. The Balaban J connectivity index is 1.19. The Labute approximate surface area is 272 Å². The minimum absolute atomic E-state index is 0.771. The molecule has 0 bridgehead atoms. The van der Waals surface area contributed by atoms with Crippen molar-refractivity contribution in [3.05, 3.63) is 140 Å². The lowest BCUT2D eigenvalue weighted by Gasteiger charge is -2.19. The van der Waals surface area contributed by atoms with E-state index in [0.29, 0.717) is 0 Å². The SMILES string of the molecule is C[Si]1(C)c2ccccc2-c2c(-c3ccccc3)nc(-c3ccc(-n4c5ccccc5c5ccc6oc7ccccc7c6c54)cc3)nc21. The standard InChI is InChI=1S/C42H29N3OSi/c1-47(2)36-19-11-8-16-32(36)38-39(26-12-4-3-5-13-26)43-41(44-42(38)47)27-20-22-28(23-21-27)45-33-17-9-6-14-29(33)30-24-25-35-37(40(30)45)31-15-7-10-18-34(31)46-35/h3-25H,1-2H3. The van der Waals surface area contributed by atoms with Gasteiger partial charge in [-0.2, -0.15) is 0 Å². The summed E-state index contributed by atoms with van der Waals surface area (Å²) in [7, 11) is -2.03. The normalized spacial score (nSPS) is 13.5. The third kappa shape index (κ3) is 3.69. The number of benzene rings is 6. The number of furan rings is 1. The monoisotopic (exact) mass is 619 g/mol. The third-order valence-electron chi connectivity index (χ3n) is 9.98. The second-order valence-corrected chi connectivity index (χ2v) is 17.3. The van der Waals surface area contributed by atoms with E-state index in [4.69, 9.17) is 14.4 Å². The molecule has 1 aliphatic heterocycles. The van der Waals surface area contributed by atoms with Gasteiger partial charge in [-0.15, -0.1) is 0 Å². The van der Waals surface area contributed by atoms with Gasteiger partial charge in [0.25, 0.3) is 0 Å². The topological polar surface area (TPSA) is 43.9 Å². The summed E-state index contributed by atoms with van der Waals surface area (Å²) in [5.41, 5.74) is 10.8. The first kappa shape index (κ1) is 26.4. The third-order valence-corrected chi connectivity index (χ3v) is 13.3. The van der Waals surface area contributed by atoms with E-state index in [-0.39, 0.29) is 0 Å². The Kier molecular flexibility index (Phi) is 5.41. The molecule has 0 aliphatic carbocycles. The second kappa shape index (κ2) is 9.61. The predicted molar refractivity (Wildman–Crippen MR) is 197 cm³/mol. The van der Waals surface area contributed by atoms with Gasteiger partial charge < -0.3 is 8.98 Å². The van der Waals surface area contributed by atoms with Crippen LogP contribution in [-0.4, -0.2) is 22.6 Å². The van der Waals surface area contributed by atoms with Crippen molar-refractivity contribution in [2.75, 3.05) is 0 Å². The van der Waals surface area contributed by atoms with Crippen molar-refractivity contribution in [2.24, 2.45) is 0 Å². The van der Waals surface area contributed by atoms with Crippen LogP contribution in [0.3, 0.4) is 0 Å². The smallest absolute Gasteiger partial charge is 0.159 e. The molecule has 0 saturated carbocycles. The van der Waals surface area contributed by atoms with Crippen molar-refractivity contribution in [3.8, 4) is 39.5 Å². The van der Waals surface area contributed by atoms with Crippen LogP contribution in [0.5, 0.6) is 0 Å². The largest absolute Gasteiger partial charge is 0.456 e. The molecule has 47 heavy (non-hydrogen) atoms. The Bertz CT molecular complexity index is 2700. The van der Waals surface area contributed by atoms with Crippen LogP contribution in [0.15, 0.2) is 144 Å². The van der Waals surface area contributed by atoms with Crippen LogP contribution in [0.4, 0.5) is 0 Å². The molecular formula is C42H29N3OSi. The molecule has 0 N–H and O–H groups in total. The van der Waals surface area contributed by atoms with E-state index >= 15 is 0 Å². The molecule has 9 aromatic rings. The molecule has 0 fully saturated rings. The first-order valence-electron chi connectivity index (χ1n) is 16.1. The van der Waals surface area contributed by atoms with Gasteiger partial charge in [0.1, 0.15) is 19.2 Å². The lowest BCUT2D eigenvalue weighted by molar-refractivity contribution is 0.669. The molecular weight excluding hydrogens is 591 g/mol. The molecule has 0 spiro atoms. The van der Waals surface area contributed by atoms with E-state index in [1.807, 2.05) is 12.1 Å². The molecule has 0 unspecified atom stereocenters. The first-order chi connectivity index (χ1) is 23.1. The van der Waals surface area contributed by atoms with Crippen molar-refractivity contribution in [2.45, 2.75) is 13.1 Å². The highest BCUT2D eigenvalue weighted by atomic mass is 28.3. The van der Waals surface area contributed by atoms with E-state index in [2.05, 4.69) is 145 Å². The average molecular weight is 620 g/mol. The fourth-order valence-electron chi connectivity index (χ4n) is 7.77. The minimum atomic E-state index is -2.03. The van der Waals surface area contributed by atoms with E-state index < -0.39 is 8.07 Å². The van der Waals surface area contributed by atoms with Gasteiger partial charge in [0.2, 0.25) is 0 Å². The molecule has 4 heterocycles. The summed E-state index contributed by atoms with van der Waals surface area (Å²) < 4.78 is 8.70. The van der Waals surface area contributed by atoms with Gasteiger partial charge in [-0.25, -0.2) is 9.97 Å².